The Kier molecular flexibility index (Phi) is 4.91. The van der Waals surface area contributed by atoms with E-state index in [9.17, 15) is 52.3 Å². The van der Waals surface area contributed by atoms with E-state index >= 15 is 0 Å². The molecular formula is C15H6F10O3S2. The van der Waals surface area contributed by atoms with Gasteiger partial charge in [0, 0.05) is 31.2 Å². The third kappa shape index (κ3) is 3.05. The molecule has 0 atom stereocenters. The van der Waals surface area contributed by atoms with Gasteiger partial charge in [-0.05, 0) is 36.4 Å². The van der Waals surface area contributed by atoms with Gasteiger partial charge in [0.25, 0.3) is 0 Å². The fraction of sp³-hybridized carbons (Fsp3) is 0.200. The fourth-order valence-corrected chi connectivity index (χ4v) is 7.68. The van der Waals surface area contributed by atoms with Crippen LogP contribution in [0.3, 0.4) is 0 Å². The van der Waals surface area contributed by atoms with Gasteiger partial charge < -0.3 is 0 Å². The van der Waals surface area contributed by atoms with Gasteiger partial charge in [0.05, 0.1) is 0 Å². The van der Waals surface area contributed by atoms with E-state index in [4.69, 9.17) is 0 Å². The van der Waals surface area contributed by atoms with E-state index in [1.807, 2.05) is 0 Å². The minimum absolute atomic E-state index is 0.253. The average Bonchev–Trinajstić information content (AvgIpc) is 2.82. The molecule has 0 fully saturated rings. The summed E-state index contributed by atoms with van der Waals surface area (Å²) in [6.45, 7) is 0. The molecule has 166 valence electrons. The molecule has 0 bridgehead atoms. The van der Waals surface area contributed by atoms with Crippen molar-refractivity contribution in [3.05, 3.63) is 48.0 Å². The first kappa shape index (κ1) is 22.7. The van der Waals surface area contributed by atoms with Crippen molar-refractivity contribution < 1.29 is 56.0 Å². The smallest absolute Gasteiger partial charge is 0.207 e. The summed E-state index contributed by atoms with van der Waals surface area (Å²) >= 11 is 0. The fourth-order valence-electron chi connectivity index (χ4n) is 2.77. The second kappa shape index (κ2) is 6.50. The first-order valence-corrected chi connectivity index (χ1v) is 10.3. The van der Waals surface area contributed by atoms with Crippen LogP contribution in [-0.4, -0.2) is 25.4 Å². The summed E-state index contributed by atoms with van der Waals surface area (Å²) in [6.07, 6.45) is -6.59. The van der Waals surface area contributed by atoms with Crippen LogP contribution in [0.15, 0.2) is 46.2 Å². The Morgan fingerprint density at radius 1 is 0.733 bits per heavy atom. The molecule has 0 amide bonds. The minimum atomic E-state index is -7.02. The Balaban J connectivity index is 2.51. The van der Waals surface area contributed by atoms with Gasteiger partial charge in [0.15, 0.2) is 0 Å². The Hall–Kier alpha value is -2.00. The highest BCUT2D eigenvalue weighted by Crippen LogP contribution is 2.82. The van der Waals surface area contributed by atoms with Gasteiger partial charge in [-0.1, -0.05) is 0 Å². The van der Waals surface area contributed by atoms with Gasteiger partial charge >= 0.3 is 27.1 Å². The van der Waals surface area contributed by atoms with Crippen LogP contribution in [0.1, 0.15) is 0 Å². The molecule has 30 heavy (non-hydrogen) atoms. The van der Waals surface area contributed by atoms with Gasteiger partial charge in [-0.2, -0.15) is 47.2 Å². The number of benzene rings is 2. The van der Waals surface area contributed by atoms with E-state index in [0.29, 0.717) is 24.3 Å². The molecule has 0 saturated heterocycles. The lowest BCUT2D eigenvalue weighted by Gasteiger charge is -2.42. The van der Waals surface area contributed by atoms with Crippen LogP contribution in [0.2, 0.25) is 0 Å². The molecule has 3 rings (SSSR count). The monoisotopic (exact) mass is 488 g/mol. The molecule has 1 heterocycles. The largest absolute Gasteiger partial charge is 0.523 e. The maximum Gasteiger partial charge on any atom is 0.523 e. The minimum Gasteiger partial charge on any atom is -0.207 e. The first-order chi connectivity index (χ1) is 13.5. The third-order valence-corrected chi connectivity index (χ3v) is 8.96. The molecule has 0 unspecified atom stereocenters. The highest BCUT2D eigenvalue weighted by Gasteiger charge is 2.74. The summed E-state index contributed by atoms with van der Waals surface area (Å²) < 4.78 is 162. The second-order valence-corrected chi connectivity index (χ2v) is 10.2. The van der Waals surface area contributed by atoms with Crippen molar-refractivity contribution in [2.75, 3.05) is 0 Å². The number of halogens is 10. The predicted octanol–water partition coefficient (Wildman–Crippen LogP) is 6.10. The van der Waals surface area contributed by atoms with E-state index < -0.39 is 69.9 Å². The van der Waals surface area contributed by atoms with Gasteiger partial charge in [-0.25, -0.2) is 8.78 Å². The van der Waals surface area contributed by atoms with E-state index in [2.05, 4.69) is 3.63 Å². The topological polar surface area (TPSA) is 43.4 Å². The van der Waals surface area contributed by atoms with E-state index in [0.717, 1.165) is 0 Å². The highest BCUT2D eigenvalue weighted by atomic mass is 32.3. The van der Waals surface area contributed by atoms with Gasteiger partial charge in [-0.3, -0.25) is 0 Å². The van der Waals surface area contributed by atoms with E-state index in [-0.39, 0.29) is 12.1 Å². The number of fused-ring (bicyclic) bond motifs is 3. The van der Waals surface area contributed by atoms with Crippen molar-refractivity contribution in [1.82, 2.24) is 0 Å². The summed E-state index contributed by atoms with van der Waals surface area (Å²) in [6, 6.07) is 1.89. The lowest BCUT2D eigenvalue weighted by atomic mass is 10.1. The Bertz CT molecular complexity index is 1070. The van der Waals surface area contributed by atoms with Gasteiger partial charge in [0.1, 0.15) is 11.6 Å². The molecule has 2 aromatic rings. The van der Waals surface area contributed by atoms with Crippen molar-refractivity contribution in [3.63, 3.8) is 0 Å². The zero-order valence-corrected chi connectivity index (χ0v) is 15.4. The van der Waals surface area contributed by atoms with Crippen LogP contribution in [0, 0.1) is 11.6 Å². The summed E-state index contributed by atoms with van der Waals surface area (Å²) in [5, 5.41) is -6.20. The summed E-state index contributed by atoms with van der Waals surface area (Å²) in [5.74, 6) is -2.43. The highest BCUT2D eigenvalue weighted by molar-refractivity contribution is 8.34. The molecule has 0 spiro atoms. The number of hydrogen-bond donors (Lipinski definition) is 0. The van der Waals surface area contributed by atoms with E-state index in [1.165, 1.54) is 0 Å². The summed E-state index contributed by atoms with van der Waals surface area (Å²) in [7, 11) is -12.9. The number of rotatable bonds is 3. The first-order valence-electron chi connectivity index (χ1n) is 7.35. The van der Waals surface area contributed by atoms with Crippen molar-refractivity contribution in [2.24, 2.45) is 0 Å². The molecule has 1 aliphatic rings. The maximum atomic E-state index is 14.7. The lowest BCUT2D eigenvalue weighted by molar-refractivity contribution is -0.241. The molecule has 2 aromatic carbocycles. The van der Waals surface area contributed by atoms with Crippen molar-refractivity contribution in [2.45, 2.75) is 26.7 Å². The lowest BCUT2D eigenvalue weighted by Crippen LogP contribution is -2.43. The number of alkyl halides is 8. The normalized spacial score (nSPS) is 17.4. The van der Waals surface area contributed by atoms with Crippen LogP contribution in [0.5, 0.6) is 0 Å². The Morgan fingerprint density at radius 3 is 1.47 bits per heavy atom. The molecule has 0 aliphatic carbocycles. The maximum absolute atomic E-state index is 14.7. The van der Waals surface area contributed by atoms with Crippen LogP contribution in [0.25, 0.3) is 11.1 Å². The molecular weight excluding hydrogens is 482 g/mol. The molecule has 0 saturated carbocycles. The third-order valence-electron chi connectivity index (χ3n) is 3.96. The molecule has 0 radical (unpaired) electrons. The Morgan fingerprint density at radius 2 is 1.13 bits per heavy atom. The summed E-state index contributed by atoms with van der Waals surface area (Å²) in [5.41, 5.74) is -8.08. The quantitative estimate of drug-likeness (QED) is 0.387. The van der Waals surface area contributed by atoms with Crippen molar-refractivity contribution in [3.8, 4) is 11.1 Å². The van der Waals surface area contributed by atoms with Crippen molar-refractivity contribution >= 4 is 20.4 Å². The van der Waals surface area contributed by atoms with E-state index in [1.54, 1.807) is 0 Å². The van der Waals surface area contributed by atoms with Gasteiger partial charge in [-0.15, -0.1) is 0 Å². The predicted molar refractivity (Wildman–Crippen MR) is 83.0 cm³/mol. The SMILES string of the molecule is O=S(=O)(OS1(C(F)(F)C(F)(F)F)c2ccc(F)cc2-c2cc(F)ccc21)C(F)(F)F. The van der Waals surface area contributed by atoms with Crippen LogP contribution >= 0.6 is 10.3 Å². The van der Waals surface area contributed by atoms with Crippen LogP contribution in [-0.2, 0) is 13.7 Å². The molecule has 0 aromatic heterocycles. The Labute approximate surface area is 162 Å². The van der Waals surface area contributed by atoms with Gasteiger partial charge in [0.2, 0.25) is 0 Å². The average molecular weight is 488 g/mol. The second-order valence-electron chi connectivity index (χ2n) is 5.82. The summed E-state index contributed by atoms with van der Waals surface area (Å²) in [4.78, 5) is -2.72. The van der Waals surface area contributed by atoms with Crippen LogP contribution in [0.4, 0.5) is 43.9 Å². The zero-order valence-electron chi connectivity index (χ0n) is 13.8. The molecule has 15 heteroatoms. The molecule has 0 N–H and O–H groups in total. The zero-order chi connectivity index (χ0) is 22.9. The van der Waals surface area contributed by atoms with Crippen LogP contribution < -0.4 is 0 Å². The molecule has 3 nitrogen and oxygen atoms in total. The number of hydrogen-bond acceptors (Lipinski definition) is 3. The standard InChI is InChI=1S/C15H6F10O3S2/c16-7-1-3-11-9(5-7)10-6-8(17)2-4-12(10)29(11,14(21,22)13(18,19)20)28-30(26,27)15(23,24)25/h1-6H. The van der Waals surface area contributed by atoms with Crippen molar-refractivity contribution in [1.29, 1.82) is 0 Å². The molecule has 1 aliphatic heterocycles.